The minimum absolute atomic E-state index is 0.778. The minimum atomic E-state index is 0.778. The lowest BCUT2D eigenvalue weighted by Gasteiger charge is -1.92. The second-order valence-corrected chi connectivity index (χ2v) is 2.60. The molecule has 0 saturated carbocycles. The number of allylic oxidation sites excluding steroid dienone is 4. The van der Waals surface area contributed by atoms with Crippen LogP contribution in [0.2, 0.25) is 0 Å². The zero-order chi connectivity index (χ0) is 7.28. The summed E-state index contributed by atoms with van der Waals surface area (Å²) >= 11 is 0. The first-order valence-corrected chi connectivity index (χ1v) is 3.27. The zero-order valence-corrected chi connectivity index (χ0v) is 6.75. The van der Waals surface area contributed by atoms with E-state index in [4.69, 9.17) is 5.73 Å². The molecule has 0 radical (unpaired) electrons. The van der Waals surface area contributed by atoms with Gasteiger partial charge in [-0.25, -0.2) is 0 Å². The SMILES string of the molecule is C=C/C=C\C(N)=C(/C)P. The minimum Gasteiger partial charge on any atom is -0.398 e. The van der Waals surface area contributed by atoms with Gasteiger partial charge in [-0.3, -0.25) is 0 Å². The third-order valence-corrected chi connectivity index (χ3v) is 1.20. The predicted octanol–water partition coefficient (Wildman–Crippen LogP) is 1.79. The van der Waals surface area contributed by atoms with E-state index in [1.807, 2.05) is 19.1 Å². The van der Waals surface area contributed by atoms with Crippen molar-refractivity contribution < 1.29 is 0 Å². The molecule has 50 valence electrons. The van der Waals surface area contributed by atoms with Crippen LogP contribution >= 0.6 is 9.24 Å². The quantitative estimate of drug-likeness (QED) is 0.460. The van der Waals surface area contributed by atoms with Crippen molar-refractivity contribution in [3.05, 3.63) is 35.8 Å². The molecule has 0 amide bonds. The smallest absolute Gasteiger partial charge is 0.0343 e. The third-order valence-electron chi connectivity index (χ3n) is 0.867. The molecule has 0 rings (SSSR count). The van der Waals surface area contributed by atoms with Gasteiger partial charge in [-0.1, -0.05) is 18.7 Å². The highest BCUT2D eigenvalue weighted by atomic mass is 31.0. The maximum absolute atomic E-state index is 5.53. The summed E-state index contributed by atoms with van der Waals surface area (Å²) in [7, 11) is 2.54. The highest BCUT2D eigenvalue weighted by Gasteiger charge is 1.82. The number of nitrogens with two attached hydrogens (primary N) is 1. The average molecular weight is 141 g/mol. The van der Waals surface area contributed by atoms with Gasteiger partial charge >= 0.3 is 0 Å². The molecule has 9 heavy (non-hydrogen) atoms. The fourth-order valence-corrected chi connectivity index (χ4v) is 0.399. The molecule has 0 saturated heterocycles. The molecule has 0 bridgehead atoms. The molecule has 0 aliphatic carbocycles. The summed E-state index contributed by atoms with van der Waals surface area (Å²) < 4.78 is 0. The normalized spacial score (nSPS) is 13.6. The molecular weight excluding hydrogens is 129 g/mol. The van der Waals surface area contributed by atoms with E-state index in [-0.39, 0.29) is 0 Å². The van der Waals surface area contributed by atoms with Crippen LogP contribution in [0.25, 0.3) is 0 Å². The van der Waals surface area contributed by atoms with E-state index in [0.29, 0.717) is 0 Å². The first-order valence-electron chi connectivity index (χ1n) is 2.69. The fraction of sp³-hybridized carbons (Fsp3) is 0.143. The highest BCUT2D eigenvalue weighted by molar-refractivity contribution is 7.22. The Morgan fingerprint density at radius 3 is 2.56 bits per heavy atom. The van der Waals surface area contributed by atoms with Crippen LogP contribution in [-0.2, 0) is 0 Å². The molecule has 0 aromatic heterocycles. The summed E-state index contributed by atoms with van der Waals surface area (Å²) in [6, 6.07) is 0. The molecule has 2 heteroatoms. The molecular formula is C7H12NP. The molecule has 1 nitrogen and oxygen atoms in total. The van der Waals surface area contributed by atoms with E-state index in [0.717, 1.165) is 11.0 Å². The number of hydrogen-bond donors (Lipinski definition) is 1. The van der Waals surface area contributed by atoms with Gasteiger partial charge in [0.25, 0.3) is 0 Å². The maximum atomic E-state index is 5.53. The lowest BCUT2D eigenvalue weighted by molar-refractivity contribution is 1.37. The van der Waals surface area contributed by atoms with Crippen molar-refractivity contribution in [1.82, 2.24) is 0 Å². The summed E-state index contributed by atoms with van der Waals surface area (Å²) in [5.41, 5.74) is 6.30. The van der Waals surface area contributed by atoms with Gasteiger partial charge in [0.15, 0.2) is 0 Å². The van der Waals surface area contributed by atoms with Crippen molar-refractivity contribution in [2.24, 2.45) is 5.73 Å². The van der Waals surface area contributed by atoms with E-state index in [1.54, 1.807) is 6.08 Å². The molecule has 0 aromatic rings. The summed E-state index contributed by atoms with van der Waals surface area (Å²) in [5, 5.41) is 1.05. The Morgan fingerprint density at radius 2 is 2.22 bits per heavy atom. The first-order chi connectivity index (χ1) is 4.18. The van der Waals surface area contributed by atoms with Crippen molar-refractivity contribution >= 4 is 9.24 Å². The number of rotatable bonds is 2. The summed E-state index contributed by atoms with van der Waals surface area (Å²) in [5.74, 6) is 0. The molecule has 0 heterocycles. The predicted molar refractivity (Wildman–Crippen MR) is 45.9 cm³/mol. The van der Waals surface area contributed by atoms with E-state index in [1.165, 1.54) is 0 Å². The van der Waals surface area contributed by atoms with Crippen molar-refractivity contribution in [2.45, 2.75) is 6.92 Å². The van der Waals surface area contributed by atoms with Gasteiger partial charge in [-0.2, -0.15) is 0 Å². The molecule has 0 aliphatic heterocycles. The second-order valence-electron chi connectivity index (χ2n) is 1.73. The van der Waals surface area contributed by atoms with Gasteiger partial charge in [0.05, 0.1) is 0 Å². The van der Waals surface area contributed by atoms with E-state index in [9.17, 15) is 0 Å². The molecule has 0 aromatic carbocycles. The van der Waals surface area contributed by atoms with E-state index in [2.05, 4.69) is 15.8 Å². The lowest BCUT2D eigenvalue weighted by Crippen LogP contribution is -1.92. The van der Waals surface area contributed by atoms with Crippen LogP contribution in [0.15, 0.2) is 35.8 Å². The van der Waals surface area contributed by atoms with Crippen LogP contribution in [0.5, 0.6) is 0 Å². The summed E-state index contributed by atoms with van der Waals surface area (Å²) in [4.78, 5) is 0. The van der Waals surface area contributed by atoms with Crippen molar-refractivity contribution in [3.8, 4) is 0 Å². The Balaban J connectivity index is 4.06. The topological polar surface area (TPSA) is 26.0 Å². The lowest BCUT2D eigenvalue weighted by atomic mass is 10.4. The molecule has 1 unspecified atom stereocenters. The summed E-state index contributed by atoms with van der Waals surface area (Å²) in [6.45, 7) is 5.46. The summed E-state index contributed by atoms with van der Waals surface area (Å²) in [6.07, 6.45) is 5.32. The van der Waals surface area contributed by atoms with Crippen LogP contribution in [-0.4, -0.2) is 0 Å². The number of hydrogen-bond acceptors (Lipinski definition) is 1. The van der Waals surface area contributed by atoms with E-state index >= 15 is 0 Å². The van der Waals surface area contributed by atoms with Crippen LogP contribution in [0, 0.1) is 0 Å². The van der Waals surface area contributed by atoms with Crippen molar-refractivity contribution in [1.29, 1.82) is 0 Å². The molecule has 0 fully saturated rings. The van der Waals surface area contributed by atoms with Gasteiger partial charge in [0.2, 0.25) is 0 Å². The molecule has 0 spiro atoms. The molecule has 1 atom stereocenters. The third kappa shape index (κ3) is 3.99. The Hall–Kier alpha value is -0.550. The van der Waals surface area contributed by atoms with E-state index < -0.39 is 0 Å². The molecule has 2 N–H and O–H groups in total. The Labute approximate surface area is 58.5 Å². The average Bonchev–Trinajstić information content (AvgIpc) is 1.82. The highest BCUT2D eigenvalue weighted by Crippen LogP contribution is 2.06. The van der Waals surface area contributed by atoms with Gasteiger partial charge < -0.3 is 5.73 Å². The van der Waals surface area contributed by atoms with Gasteiger partial charge in [0.1, 0.15) is 0 Å². The maximum Gasteiger partial charge on any atom is 0.0343 e. The Bertz CT molecular complexity index is 152. The fourth-order valence-electron chi connectivity index (χ4n) is 0.303. The van der Waals surface area contributed by atoms with Gasteiger partial charge in [-0.15, -0.1) is 9.24 Å². The van der Waals surface area contributed by atoms with Crippen LogP contribution in [0.4, 0.5) is 0 Å². The first kappa shape index (κ1) is 8.45. The van der Waals surface area contributed by atoms with Crippen LogP contribution < -0.4 is 5.73 Å². The van der Waals surface area contributed by atoms with Gasteiger partial charge in [0, 0.05) is 5.70 Å². The van der Waals surface area contributed by atoms with Crippen molar-refractivity contribution in [3.63, 3.8) is 0 Å². The van der Waals surface area contributed by atoms with Crippen LogP contribution in [0.1, 0.15) is 6.92 Å². The zero-order valence-electron chi connectivity index (χ0n) is 5.59. The van der Waals surface area contributed by atoms with Crippen molar-refractivity contribution in [2.75, 3.05) is 0 Å². The van der Waals surface area contributed by atoms with Crippen LogP contribution in [0.3, 0.4) is 0 Å². The monoisotopic (exact) mass is 141 g/mol. The Morgan fingerprint density at radius 1 is 1.67 bits per heavy atom. The largest absolute Gasteiger partial charge is 0.398 e. The second kappa shape index (κ2) is 4.34. The van der Waals surface area contributed by atoms with Gasteiger partial charge in [-0.05, 0) is 18.3 Å². The molecule has 0 aliphatic rings. The standard InChI is InChI=1S/C7H12NP/c1-3-4-5-7(8)6(2)9/h3-5H,1,8-9H2,2H3/b5-4-,7-6-. The Kier molecular flexibility index (Phi) is 4.08.